The first kappa shape index (κ1) is 15.0. The first-order valence-corrected chi connectivity index (χ1v) is 6.70. The highest BCUT2D eigenvalue weighted by atomic mass is 16.5. The van der Waals surface area contributed by atoms with Crippen molar-refractivity contribution in [2.75, 3.05) is 13.2 Å². The third kappa shape index (κ3) is 6.00. The number of nitrogens with one attached hydrogen (secondary N) is 1. The zero-order valence-electron chi connectivity index (χ0n) is 11.0. The van der Waals surface area contributed by atoms with Crippen LogP contribution in [-0.2, 0) is 14.3 Å². The summed E-state index contributed by atoms with van der Waals surface area (Å²) in [6, 6.07) is 0.235. The Morgan fingerprint density at radius 2 is 1.89 bits per heavy atom. The van der Waals surface area contributed by atoms with Gasteiger partial charge in [-0.2, -0.15) is 0 Å². The zero-order valence-corrected chi connectivity index (χ0v) is 11.0. The monoisotopic (exact) mass is 257 g/mol. The van der Waals surface area contributed by atoms with Crippen LogP contribution >= 0.6 is 0 Å². The molecule has 104 valence electrons. The predicted octanol–water partition coefficient (Wildman–Crippen LogP) is 1.56. The van der Waals surface area contributed by atoms with Gasteiger partial charge in [0.2, 0.25) is 5.91 Å². The van der Waals surface area contributed by atoms with E-state index in [1.165, 1.54) is 25.7 Å². The van der Waals surface area contributed by atoms with Crippen LogP contribution in [-0.4, -0.2) is 36.2 Å². The van der Waals surface area contributed by atoms with Gasteiger partial charge in [-0.15, -0.1) is 0 Å². The van der Waals surface area contributed by atoms with E-state index in [9.17, 15) is 9.59 Å². The molecule has 0 bridgehead atoms. The van der Waals surface area contributed by atoms with Crippen molar-refractivity contribution < 1.29 is 19.4 Å². The van der Waals surface area contributed by atoms with Gasteiger partial charge in [0.25, 0.3) is 0 Å². The molecule has 0 aromatic rings. The van der Waals surface area contributed by atoms with E-state index in [-0.39, 0.29) is 18.6 Å². The number of carboxylic acid groups (broad SMARTS) is 1. The Hall–Kier alpha value is -1.10. The lowest BCUT2D eigenvalue weighted by Gasteiger charge is -2.28. The lowest BCUT2D eigenvalue weighted by atomic mass is 9.83. The molecule has 0 unspecified atom stereocenters. The Kier molecular flexibility index (Phi) is 6.72. The van der Waals surface area contributed by atoms with Crippen LogP contribution in [0.4, 0.5) is 0 Å². The Morgan fingerprint density at radius 1 is 1.22 bits per heavy atom. The largest absolute Gasteiger partial charge is 0.480 e. The van der Waals surface area contributed by atoms with E-state index >= 15 is 0 Å². The number of carbonyl (C=O) groups is 2. The predicted molar refractivity (Wildman–Crippen MR) is 67.3 cm³/mol. The molecule has 0 radical (unpaired) electrons. The SMILES string of the molecule is CCCC1CCC(NC(=O)COCC(=O)O)CC1. The molecule has 0 aliphatic heterocycles. The molecule has 1 amide bonds. The maximum atomic E-state index is 11.5. The highest BCUT2D eigenvalue weighted by Gasteiger charge is 2.21. The molecule has 0 saturated heterocycles. The second-order valence-electron chi connectivity index (χ2n) is 4.96. The molecule has 1 fully saturated rings. The van der Waals surface area contributed by atoms with E-state index in [2.05, 4.69) is 12.2 Å². The number of carboxylic acids is 1. The van der Waals surface area contributed by atoms with Crippen LogP contribution in [0, 0.1) is 5.92 Å². The molecule has 1 aliphatic carbocycles. The van der Waals surface area contributed by atoms with Crippen LogP contribution in [0.15, 0.2) is 0 Å². The van der Waals surface area contributed by atoms with Crippen molar-refractivity contribution in [3.05, 3.63) is 0 Å². The summed E-state index contributed by atoms with van der Waals surface area (Å²) in [6.45, 7) is 1.62. The van der Waals surface area contributed by atoms with Crippen molar-refractivity contribution >= 4 is 11.9 Å². The van der Waals surface area contributed by atoms with Crippen LogP contribution in [0.5, 0.6) is 0 Å². The third-order valence-electron chi connectivity index (χ3n) is 3.37. The summed E-state index contributed by atoms with van der Waals surface area (Å²) in [5.74, 6) is -0.454. The zero-order chi connectivity index (χ0) is 13.4. The molecular weight excluding hydrogens is 234 g/mol. The summed E-state index contributed by atoms with van der Waals surface area (Å²) >= 11 is 0. The first-order valence-electron chi connectivity index (χ1n) is 6.70. The molecule has 1 aliphatic rings. The van der Waals surface area contributed by atoms with Gasteiger partial charge in [0.05, 0.1) is 0 Å². The number of amides is 1. The van der Waals surface area contributed by atoms with Crippen molar-refractivity contribution in [3.63, 3.8) is 0 Å². The molecule has 0 heterocycles. The molecule has 0 aromatic heterocycles. The number of carbonyl (C=O) groups excluding carboxylic acids is 1. The number of ether oxygens (including phenoxy) is 1. The van der Waals surface area contributed by atoms with Crippen molar-refractivity contribution in [2.45, 2.75) is 51.5 Å². The average Bonchev–Trinajstić information content (AvgIpc) is 2.31. The Labute approximate surface area is 108 Å². The summed E-state index contributed by atoms with van der Waals surface area (Å²) < 4.78 is 4.75. The molecular formula is C13H23NO4. The standard InChI is InChI=1S/C13H23NO4/c1-2-3-10-4-6-11(7-5-10)14-12(15)8-18-9-13(16)17/h10-11H,2-9H2,1H3,(H,14,15)(H,16,17). The number of aliphatic carboxylic acids is 1. The summed E-state index contributed by atoms with van der Waals surface area (Å²) in [4.78, 5) is 21.7. The second-order valence-corrected chi connectivity index (χ2v) is 4.96. The van der Waals surface area contributed by atoms with E-state index in [0.29, 0.717) is 0 Å². The minimum atomic E-state index is -1.05. The van der Waals surface area contributed by atoms with E-state index in [4.69, 9.17) is 9.84 Å². The van der Waals surface area contributed by atoms with Gasteiger partial charge in [-0.05, 0) is 31.6 Å². The lowest BCUT2D eigenvalue weighted by molar-refractivity contribution is -0.143. The summed E-state index contributed by atoms with van der Waals surface area (Å²) in [7, 11) is 0. The molecule has 1 saturated carbocycles. The van der Waals surface area contributed by atoms with E-state index < -0.39 is 12.6 Å². The number of hydrogen-bond donors (Lipinski definition) is 2. The van der Waals surface area contributed by atoms with E-state index in [1.807, 2.05) is 0 Å². The van der Waals surface area contributed by atoms with Crippen molar-refractivity contribution in [1.82, 2.24) is 5.32 Å². The second kappa shape index (κ2) is 8.08. The van der Waals surface area contributed by atoms with Gasteiger partial charge in [-0.25, -0.2) is 4.79 Å². The smallest absolute Gasteiger partial charge is 0.329 e. The van der Waals surface area contributed by atoms with Crippen molar-refractivity contribution in [3.8, 4) is 0 Å². The number of hydrogen-bond acceptors (Lipinski definition) is 3. The van der Waals surface area contributed by atoms with Gasteiger partial charge in [-0.1, -0.05) is 19.8 Å². The molecule has 5 nitrogen and oxygen atoms in total. The van der Waals surface area contributed by atoms with E-state index in [0.717, 1.165) is 18.8 Å². The summed E-state index contributed by atoms with van der Waals surface area (Å²) in [6.07, 6.45) is 6.90. The molecule has 1 rings (SSSR count). The minimum absolute atomic E-state index is 0.165. The number of rotatable bonds is 7. The van der Waals surface area contributed by atoms with Gasteiger partial charge in [0.1, 0.15) is 13.2 Å². The van der Waals surface area contributed by atoms with Crippen molar-refractivity contribution in [1.29, 1.82) is 0 Å². The summed E-state index contributed by atoms with van der Waals surface area (Å²) in [5, 5.41) is 11.3. The molecule has 2 N–H and O–H groups in total. The van der Waals surface area contributed by atoms with Gasteiger partial charge < -0.3 is 15.2 Å². The van der Waals surface area contributed by atoms with E-state index in [1.54, 1.807) is 0 Å². The molecule has 0 aromatic carbocycles. The Bertz CT molecular complexity index is 272. The van der Waals surface area contributed by atoms with Gasteiger partial charge in [-0.3, -0.25) is 4.79 Å². The quantitative estimate of drug-likeness (QED) is 0.725. The normalized spacial score (nSPS) is 23.6. The highest BCUT2D eigenvalue weighted by molar-refractivity contribution is 5.78. The molecule has 0 spiro atoms. The van der Waals surface area contributed by atoms with Gasteiger partial charge in [0.15, 0.2) is 0 Å². The van der Waals surface area contributed by atoms with Gasteiger partial charge in [0, 0.05) is 6.04 Å². The summed E-state index contributed by atoms with van der Waals surface area (Å²) in [5.41, 5.74) is 0. The topological polar surface area (TPSA) is 75.6 Å². The Morgan fingerprint density at radius 3 is 2.44 bits per heavy atom. The first-order chi connectivity index (χ1) is 8.61. The third-order valence-corrected chi connectivity index (χ3v) is 3.37. The van der Waals surface area contributed by atoms with Crippen molar-refractivity contribution in [2.24, 2.45) is 5.92 Å². The van der Waals surface area contributed by atoms with Gasteiger partial charge >= 0.3 is 5.97 Å². The molecule has 0 atom stereocenters. The maximum absolute atomic E-state index is 11.5. The van der Waals surface area contributed by atoms with Crippen LogP contribution in [0.1, 0.15) is 45.4 Å². The molecule has 18 heavy (non-hydrogen) atoms. The average molecular weight is 257 g/mol. The Balaban J connectivity index is 2.12. The lowest BCUT2D eigenvalue weighted by Crippen LogP contribution is -2.39. The highest BCUT2D eigenvalue weighted by Crippen LogP contribution is 2.27. The van der Waals surface area contributed by atoms with Crippen LogP contribution in [0.2, 0.25) is 0 Å². The molecule has 5 heteroatoms. The maximum Gasteiger partial charge on any atom is 0.329 e. The van der Waals surface area contributed by atoms with Crippen LogP contribution in [0.25, 0.3) is 0 Å². The fourth-order valence-corrected chi connectivity index (χ4v) is 2.50. The van der Waals surface area contributed by atoms with Crippen LogP contribution < -0.4 is 5.32 Å². The van der Waals surface area contributed by atoms with Crippen LogP contribution in [0.3, 0.4) is 0 Å². The fraction of sp³-hybridized carbons (Fsp3) is 0.846. The minimum Gasteiger partial charge on any atom is -0.480 e. The fourth-order valence-electron chi connectivity index (χ4n) is 2.50.